The molecular weight excluding hydrogens is 681 g/mol. The van der Waals surface area contributed by atoms with Gasteiger partial charge in [0.15, 0.2) is 0 Å². The minimum absolute atomic E-state index is 0.00390. The highest BCUT2D eigenvalue weighted by Crippen LogP contribution is 2.34. The zero-order valence-electron chi connectivity index (χ0n) is 27.1. The van der Waals surface area contributed by atoms with E-state index < -0.39 is 47.9 Å². The van der Waals surface area contributed by atoms with Crippen LogP contribution in [0.15, 0.2) is 48.7 Å². The first kappa shape index (κ1) is 39.5. The first-order valence-electron chi connectivity index (χ1n) is 15.2. The molecule has 0 radical (unpaired) electrons. The van der Waals surface area contributed by atoms with E-state index in [1.807, 2.05) is 14.1 Å². The van der Waals surface area contributed by atoms with Crippen LogP contribution >= 0.6 is 0 Å². The Morgan fingerprint density at radius 2 is 1.62 bits per heavy atom. The summed E-state index contributed by atoms with van der Waals surface area (Å²) in [6.07, 6.45) is -5.85. The fourth-order valence-corrected chi connectivity index (χ4v) is 5.15. The summed E-state index contributed by atoms with van der Waals surface area (Å²) >= 11 is 0. The highest BCUT2D eigenvalue weighted by atomic mass is 19.4. The first-order valence-corrected chi connectivity index (χ1v) is 15.2. The number of pyridine rings is 1. The number of nitrogens with one attached hydrogen (secondary N) is 2. The smallest absolute Gasteiger partial charge is 0.490 e. The number of rotatable bonds is 9. The third-order valence-electron chi connectivity index (χ3n) is 7.68. The Morgan fingerprint density at radius 1 is 0.980 bits per heavy atom. The number of nitrogens with zero attached hydrogens (tertiary/aromatic N) is 2. The number of benzene rings is 2. The number of aromatic hydroxyl groups is 1. The minimum atomic E-state index is -5.08. The summed E-state index contributed by atoms with van der Waals surface area (Å²) in [7, 11) is 3.97. The molecule has 1 saturated carbocycles. The predicted molar refractivity (Wildman–Crippen MR) is 167 cm³/mol. The molecule has 2 aromatic carbocycles. The van der Waals surface area contributed by atoms with Crippen LogP contribution in [0.2, 0.25) is 0 Å². The molecule has 1 fully saturated rings. The summed E-state index contributed by atoms with van der Waals surface area (Å²) in [4.78, 5) is 40.5. The molecule has 2 amide bonds. The second kappa shape index (κ2) is 16.7. The lowest BCUT2D eigenvalue weighted by molar-refractivity contribution is -0.192. The molecule has 1 aromatic heterocycles. The first-order chi connectivity index (χ1) is 23.3. The summed E-state index contributed by atoms with van der Waals surface area (Å²) < 4.78 is 93.3. The Bertz CT molecular complexity index is 1670. The van der Waals surface area contributed by atoms with Gasteiger partial charge in [-0.2, -0.15) is 26.3 Å². The van der Waals surface area contributed by atoms with E-state index in [0.29, 0.717) is 42.4 Å². The zero-order chi connectivity index (χ0) is 37.4. The van der Waals surface area contributed by atoms with E-state index in [4.69, 9.17) is 14.6 Å². The van der Waals surface area contributed by atoms with Crippen molar-refractivity contribution in [3.8, 4) is 22.8 Å². The number of anilines is 1. The van der Waals surface area contributed by atoms with Gasteiger partial charge in [-0.05, 0) is 82.1 Å². The summed E-state index contributed by atoms with van der Waals surface area (Å²) in [5.41, 5.74) is -0.728. The third kappa shape index (κ3) is 11.3. The van der Waals surface area contributed by atoms with Gasteiger partial charge in [0.25, 0.3) is 5.91 Å². The lowest BCUT2D eigenvalue weighted by atomic mass is 9.90. The number of ether oxygens (including phenoxy) is 1. The van der Waals surface area contributed by atoms with Crippen molar-refractivity contribution in [1.82, 2.24) is 15.2 Å². The van der Waals surface area contributed by atoms with E-state index in [2.05, 4.69) is 20.5 Å². The van der Waals surface area contributed by atoms with E-state index in [0.717, 1.165) is 25.0 Å². The zero-order valence-corrected chi connectivity index (χ0v) is 27.1. The topological polar surface area (TPSA) is 141 Å². The number of carboxylic acid groups (broad SMARTS) is 1. The van der Waals surface area contributed by atoms with Gasteiger partial charge in [-0.1, -0.05) is 12.1 Å². The van der Waals surface area contributed by atoms with E-state index in [1.165, 1.54) is 30.5 Å². The summed E-state index contributed by atoms with van der Waals surface area (Å²) in [5, 5.41) is 22.0. The van der Waals surface area contributed by atoms with Crippen LogP contribution in [0.5, 0.6) is 11.6 Å². The average Bonchev–Trinajstić information content (AvgIpc) is 3.02. The quantitative estimate of drug-likeness (QED) is 0.186. The van der Waals surface area contributed by atoms with Crippen molar-refractivity contribution in [2.75, 3.05) is 26.0 Å². The monoisotopic (exact) mass is 716 g/mol. The molecular formula is C33H35F7N4O6. The molecule has 10 nitrogen and oxygen atoms in total. The average molecular weight is 717 g/mol. The van der Waals surface area contributed by atoms with Crippen molar-refractivity contribution in [2.45, 2.75) is 63.5 Å². The third-order valence-corrected chi connectivity index (χ3v) is 7.68. The molecule has 0 bridgehead atoms. The Labute approximate surface area is 282 Å². The fraction of sp³-hybridized carbons (Fsp3) is 0.394. The van der Waals surface area contributed by atoms with Gasteiger partial charge in [-0.3, -0.25) is 9.59 Å². The molecule has 0 unspecified atom stereocenters. The van der Waals surface area contributed by atoms with Crippen LogP contribution in [0.25, 0.3) is 11.1 Å². The van der Waals surface area contributed by atoms with Gasteiger partial charge in [0, 0.05) is 41.2 Å². The maximum Gasteiger partial charge on any atom is 0.490 e. The van der Waals surface area contributed by atoms with Crippen LogP contribution in [0.1, 0.15) is 54.1 Å². The van der Waals surface area contributed by atoms with E-state index in [9.17, 15) is 41.0 Å². The molecule has 3 aromatic rings. The van der Waals surface area contributed by atoms with Crippen molar-refractivity contribution < 1.29 is 60.1 Å². The van der Waals surface area contributed by atoms with Crippen LogP contribution < -0.4 is 15.4 Å². The maximum absolute atomic E-state index is 15.0. The highest BCUT2D eigenvalue weighted by Gasteiger charge is 2.38. The maximum atomic E-state index is 15.0. The lowest BCUT2D eigenvalue weighted by Crippen LogP contribution is -2.41. The second-order valence-electron chi connectivity index (χ2n) is 11.5. The number of aliphatic carboxylic acids is 1. The number of hydrogen-bond acceptors (Lipinski definition) is 7. The largest absolute Gasteiger partial charge is 0.493 e. The second-order valence-corrected chi connectivity index (χ2v) is 11.5. The van der Waals surface area contributed by atoms with Crippen molar-refractivity contribution in [3.63, 3.8) is 0 Å². The number of halogens is 7. The van der Waals surface area contributed by atoms with Gasteiger partial charge < -0.3 is 30.5 Å². The molecule has 4 rings (SSSR count). The Hall–Kier alpha value is -4.93. The molecule has 0 aliphatic heterocycles. The van der Waals surface area contributed by atoms with Gasteiger partial charge >= 0.3 is 18.3 Å². The summed E-state index contributed by atoms with van der Waals surface area (Å²) in [6.45, 7) is 2.05. The number of carboxylic acids is 1. The molecule has 0 saturated heterocycles. The number of alkyl halides is 6. The van der Waals surface area contributed by atoms with Crippen molar-refractivity contribution in [3.05, 3.63) is 71.2 Å². The highest BCUT2D eigenvalue weighted by molar-refractivity contribution is 5.98. The normalized spacial score (nSPS) is 16.2. The van der Waals surface area contributed by atoms with Gasteiger partial charge in [-0.25, -0.2) is 14.2 Å². The molecule has 17 heteroatoms. The number of aromatic nitrogens is 1. The van der Waals surface area contributed by atoms with Crippen LogP contribution in [-0.4, -0.2) is 76.8 Å². The number of carbonyl (C=O) groups excluding carboxylic acids is 2. The Balaban J connectivity index is 0.000000872. The number of hydrogen-bond donors (Lipinski definition) is 4. The van der Waals surface area contributed by atoms with Crippen LogP contribution in [0.3, 0.4) is 0 Å². The van der Waals surface area contributed by atoms with Crippen LogP contribution in [0.4, 0.5) is 36.4 Å². The number of amides is 2. The van der Waals surface area contributed by atoms with Crippen molar-refractivity contribution in [2.24, 2.45) is 0 Å². The van der Waals surface area contributed by atoms with Crippen LogP contribution in [-0.2, 0) is 22.2 Å². The van der Waals surface area contributed by atoms with Gasteiger partial charge in [0.2, 0.25) is 11.8 Å². The molecule has 1 heterocycles. The molecule has 0 spiro atoms. The van der Waals surface area contributed by atoms with Crippen molar-refractivity contribution >= 4 is 23.5 Å². The Morgan fingerprint density at radius 3 is 2.16 bits per heavy atom. The molecule has 272 valence electrons. The van der Waals surface area contributed by atoms with Gasteiger partial charge in [0.05, 0.1) is 18.6 Å². The minimum Gasteiger partial charge on any atom is -0.493 e. The van der Waals surface area contributed by atoms with E-state index in [-0.39, 0.29) is 28.7 Å². The summed E-state index contributed by atoms with van der Waals surface area (Å²) in [5.74, 6) is -4.87. The van der Waals surface area contributed by atoms with E-state index in [1.54, 1.807) is 13.0 Å². The molecule has 0 atom stereocenters. The van der Waals surface area contributed by atoms with Crippen LogP contribution in [0, 0.1) is 5.82 Å². The SMILES string of the molecule is CCOc1cc(O)ncc1-c1ccc(CC(=O)Nc2cc(C(=O)NC3CCC(N(C)C)CC3)cc(C(F)(F)F)c2)c(F)c1.O=C(O)C(F)(F)F. The molecule has 1 aliphatic carbocycles. The van der Waals surface area contributed by atoms with E-state index >= 15 is 4.39 Å². The fourth-order valence-electron chi connectivity index (χ4n) is 5.15. The van der Waals surface area contributed by atoms with Gasteiger partial charge in [0.1, 0.15) is 11.6 Å². The standard InChI is InChI=1S/C31H34F4N4O4.C2HF3O2/c1-4-43-27-16-28(40)36-17-25(27)18-5-6-19(26(32)13-18)14-29(41)37-23-12-20(11-21(15-23)31(33,34)35)30(42)38-22-7-9-24(10-8-22)39(2)3;3-2(4,5)1(6)7/h5-6,11-13,15-17,22,24H,4,7-10,14H2,1-3H3,(H,36,40)(H,37,41)(H,38,42);(H,6,7). The number of carbonyl (C=O) groups is 3. The molecule has 50 heavy (non-hydrogen) atoms. The molecule has 4 N–H and O–H groups in total. The molecule has 1 aliphatic rings. The summed E-state index contributed by atoms with van der Waals surface area (Å²) in [6, 6.07) is 8.30. The Kier molecular flexibility index (Phi) is 13.2. The predicted octanol–water partition coefficient (Wildman–Crippen LogP) is 6.43. The lowest BCUT2D eigenvalue weighted by Gasteiger charge is -2.33. The van der Waals surface area contributed by atoms with Gasteiger partial charge in [-0.15, -0.1) is 0 Å². The van der Waals surface area contributed by atoms with Crippen molar-refractivity contribution in [1.29, 1.82) is 0 Å².